The summed E-state index contributed by atoms with van der Waals surface area (Å²) < 4.78 is 2.54. The van der Waals surface area contributed by atoms with Gasteiger partial charge in [-0.2, -0.15) is 0 Å². The molecule has 3 fully saturated rings. The minimum absolute atomic E-state index is 0.114. The molecule has 2 bridgehead atoms. The molecule has 1 amide bonds. The minimum atomic E-state index is 0.114. The molecule has 5 nitrogen and oxygen atoms in total. The van der Waals surface area contributed by atoms with E-state index >= 15 is 0 Å². The van der Waals surface area contributed by atoms with E-state index in [-0.39, 0.29) is 11.3 Å². The number of aryl methyl sites for hydroxylation is 4. The van der Waals surface area contributed by atoms with Crippen LogP contribution >= 0.6 is 0 Å². The second-order valence-electron chi connectivity index (χ2n) is 13.7. The predicted octanol–water partition coefficient (Wildman–Crippen LogP) is 7.70. The highest BCUT2D eigenvalue weighted by Gasteiger charge is 2.44. The van der Waals surface area contributed by atoms with E-state index in [1.807, 2.05) is 0 Å². The first-order chi connectivity index (χ1) is 20.8. The van der Waals surface area contributed by atoms with E-state index in [0.717, 1.165) is 66.9 Å². The highest BCUT2D eigenvalue weighted by molar-refractivity contribution is 5.97. The Kier molecular flexibility index (Phi) is 7.41. The highest BCUT2D eigenvalue weighted by Crippen LogP contribution is 2.45. The maximum absolute atomic E-state index is 13.7. The van der Waals surface area contributed by atoms with Crippen LogP contribution in [0.4, 0.5) is 0 Å². The Morgan fingerprint density at radius 1 is 0.837 bits per heavy atom. The fraction of sp³-hybridized carbons (Fsp3) is 0.474. The molecule has 43 heavy (non-hydrogen) atoms. The van der Waals surface area contributed by atoms with Crippen LogP contribution in [0.3, 0.4) is 0 Å². The van der Waals surface area contributed by atoms with E-state index in [1.54, 1.807) is 0 Å². The molecular formula is C38H46N4O. The van der Waals surface area contributed by atoms with Crippen LogP contribution in [0.25, 0.3) is 11.0 Å². The Labute approximate surface area is 256 Å². The quantitative estimate of drug-likeness (QED) is 0.237. The molecule has 4 aromatic rings. The Balaban J connectivity index is 1.07. The van der Waals surface area contributed by atoms with Crippen LogP contribution in [0.2, 0.25) is 0 Å². The van der Waals surface area contributed by atoms with Gasteiger partial charge in [0.25, 0.3) is 5.91 Å². The molecule has 5 heteroatoms. The monoisotopic (exact) mass is 574 g/mol. The van der Waals surface area contributed by atoms with Gasteiger partial charge < -0.3 is 9.47 Å². The maximum Gasteiger partial charge on any atom is 0.254 e. The third-order valence-corrected chi connectivity index (χ3v) is 11.1. The third-order valence-electron chi connectivity index (χ3n) is 11.1. The van der Waals surface area contributed by atoms with E-state index in [2.05, 4.69) is 109 Å². The first-order valence-corrected chi connectivity index (χ1v) is 16.4. The number of rotatable bonds is 6. The molecule has 224 valence electrons. The molecule has 3 saturated heterocycles. The number of nitrogens with zero attached hydrogens (tertiary/aromatic N) is 4. The number of likely N-dealkylation sites (tertiary alicyclic amines) is 1. The lowest BCUT2D eigenvalue weighted by molar-refractivity contribution is 0.0606. The Morgan fingerprint density at radius 3 is 2.14 bits per heavy atom. The van der Waals surface area contributed by atoms with Crippen LogP contribution in [-0.4, -0.2) is 57.0 Å². The van der Waals surface area contributed by atoms with Gasteiger partial charge in [0.2, 0.25) is 0 Å². The van der Waals surface area contributed by atoms with Crippen molar-refractivity contribution in [2.75, 3.05) is 19.6 Å². The van der Waals surface area contributed by atoms with Crippen LogP contribution in [0.15, 0.2) is 66.7 Å². The molecule has 0 N–H and O–H groups in total. The average molecular weight is 575 g/mol. The topological polar surface area (TPSA) is 41.4 Å². The summed E-state index contributed by atoms with van der Waals surface area (Å²) in [7, 11) is 0. The van der Waals surface area contributed by atoms with Crippen molar-refractivity contribution in [1.82, 2.24) is 19.4 Å². The molecule has 4 heterocycles. The van der Waals surface area contributed by atoms with E-state index in [1.165, 1.54) is 42.3 Å². The fourth-order valence-corrected chi connectivity index (χ4v) is 9.08. The Hall–Kier alpha value is -3.44. The summed E-state index contributed by atoms with van der Waals surface area (Å²) >= 11 is 0. The van der Waals surface area contributed by atoms with Gasteiger partial charge in [-0.05, 0) is 113 Å². The van der Waals surface area contributed by atoms with Crippen molar-refractivity contribution in [1.29, 1.82) is 0 Å². The van der Waals surface area contributed by atoms with E-state index in [9.17, 15) is 4.79 Å². The molecule has 0 saturated carbocycles. The number of hydrogen-bond donors (Lipinski definition) is 0. The van der Waals surface area contributed by atoms with Gasteiger partial charge in [-0.3, -0.25) is 9.69 Å². The summed E-state index contributed by atoms with van der Waals surface area (Å²) in [5, 5.41) is 0. The summed E-state index contributed by atoms with van der Waals surface area (Å²) in [4.78, 5) is 23.6. The molecule has 3 aliphatic heterocycles. The van der Waals surface area contributed by atoms with Gasteiger partial charge in [0.1, 0.15) is 5.82 Å². The lowest BCUT2D eigenvalue weighted by Crippen LogP contribution is -2.49. The Morgan fingerprint density at radius 2 is 1.47 bits per heavy atom. The third kappa shape index (κ3) is 5.10. The lowest BCUT2D eigenvalue weighted by atomic mass is 9.70. The largest absolute Gasteiger partial charge is 0.339 e. The number of amides is 1. The van der Waals surface area contributed by atoms with Crippen molar-refractivity contribution in [3.8, 4) is 0 Å². The molecule has 3 atom stereocenters. The summed E-state index contributed by atoms with van der Waals surface area (Å²) in [5.74, 6) is 1.36. The molecule has 7 rings (SSSR count). The van der Waals surface area contributed by atoms with Crippen molar-refractivity contribution in [2.45, 2.75) is 96.2 Å². The van der Waals surface area contributed by atoms with E-state index in [4.69, 9.17) is 4.98 Å². The van der Waals surface area contributed by atoms with Gasteiger partial charge in [-0.25, -0.2) is 4.98 Å². The molecule has 0 radical (unpaired) electrons. The van der Waals surface area contributed by atoms with Gasteiger partial charge in [-0.15, -0.1) is 0 Å². The number of carbonyl (C=O) groups is 1. The van der Waals surface area contributed by atoms with Gasteiger partial charge >= 0.3 is 0 Å². The second kappa shape index (κ2) is 11.2. The maximum atomic E-state index is 13.7. The number of imidazole rings is 1. The van der Waals surface area contributed by atoms with E-state index in [0.29, 0.717) is 18.1 Å². The summed E-state index contributed by atoms with van der Waals surface area (Å²) in [6.45, 7) is 11.2. The fourth-order valence-electron chi connectivity index (χ4n) is 9.08. The van der Waals surface area contributed by atoms with Crippen LogP contribution < -0.4 is 0 Å². The highest BCUT2D eigenvalue weighted by atomic mass is 16.2. The number of benzene rings is 3. The number of para-hydroxylation sites is 2. The predicted molar refractivity (Wildman–Crippen MR) is 175 cm³/mol. The molecule has 0 spiro atoms. The van der Waals surface area contributed by atoms with Crippen LogP contribution in [-0.2, 0) is 5.41 Å². The summed E-state index contributed by atoms with van der Waals surface area (Å²) in [6.07, 6.45) is 8.26. The van der Waals surface area contributed by atoms with Crippen molar-refractivity contribution in [3.05, 3.63) is 100 Å². The van der Waals surface area contributed by atoms with Crippen LogP contribution in [0.5, 0.6) is 0 Å². The van der Waals surface area contributed by atoms with Gasteiger partial charge in [0, 0.05) is 36.8 Å². The summed E-state index contributed by atoms with van der Waals surface area (Å²) in [5.41, 5.74) is 8.30. The normalized spacial score (nSPS) is 23.6. The number of aromatic nitrogens is 2. The van der Waals surface area contributed by atoms with Gasteiger partial charge in [-0.1, -0.05) is 60.2 Å². The Bertz CT molecular complexity index is 1590. The van der Waals surface area contributed by atoms with E-state index < -0.39 is 0 Å². The molecule has 3 aliphatic rings. The second-order valence-corrected chi connectivity index (χ2v) is 13.7. The van der Waals surface area contributed by atoms with Crippen molar-refractivity contribution in [3.63, 3.8) is 0 Å². The SMILES string of the molecule is Cc1cc(C)c(C(=O)N2CCC(CCN3C4CC[C@@H]3CC(n3c(C)nc5ccccc53)C4)(c3ccccc3)CC2)c(C)c1. The molecule has 3 aromatic carbocycles. The number of fused-ring (bicyclic) bond motifs is 3. The van der Waals surface area contributed by atoms with Crippen molar-refractivity contribution >= 4 is 16.9 Å². The molecule has 0 aliphatic carbocycles. The zero-order valence-corrected chi connectivity index (χ0v) is 26.4. The minimum Gasteiger partial charge on any atom is -0.339 e. The lowest BCUT2D eigenvalue weighted by Gasteiger charge is -2.46. The zero-order valence-electron chi connectivity index (χ0n) is 26.4. The average Bonchev–Trinajstić information content (AvgIpc) is 3.46. The van der Waals surface area contributed by atoms with Crippen molar-refractivity contribution in [2.24, 2.45) is 0 Å². The molecular weight excluding hydrogens is 528 g/mol. The van der Waals surface area contributed by atoms with Gasteiger partial charge in [0.15, 0.2) is 0 Å². The number of carbonyl (C=O) groups excluding carboxylic acids is 1. The standard InChI is InChI=1S/C38H46N4O/c1-26-22-27(2)36(28(3)23-26)37(43)40-19-16-38(17-20-40,30-10-6-5-7-11-30)18-21-41-31-14-15-32(41)25-33(24-31)42-29(4)39-34-12-8-9-13-35(34)42/h5-13,22-23,31-33H,14-21,24-25H2,1-4H3/t31-,32?,33?/m1/s1. The summed E-state index contributed by atoms with van der Waals surface area (Å²) in [6, 6.07) is 25.9. The van der Waals surface area contributed by atoms with Gasteiger partial charge in [0.05, 0.1) is 11.0 Å². The van der Waals surface area contributed by atoms with Crippen LogP contribution in [0, 0.1) is 27.7 Å². The number of piperidine rings is 2. The molecule has 2 unspecified atom stereocenters. The number of hydrogen-bond acceptors (Lipinski definition) is 3. The molecule has 1 aromatic heterocycles. The first-order valence-electron chi connectivity index (χ1n) is 16.4. The smallest absolute Gasteiger partial charge is 0.254 e. The van der Waals surface area contributed by atoms with Crippen molar-refractivity contribution < 1.29 is 4.79 Å². The van der Waals surface area contributed by atoms with Crippen LogP contribution in [0.1, 0.15) is 89.4 Å². The first kappa shape index (κ1) is 28.3. The zero-order chi connectivity index (χ0) is 29.7.